The van der Waals surface area contributed by atoms with Crippen molar-refractivity contribution in [3.05, 3.63) is 21.7 Å². The zero-order valence-electron chi connectivity index (χ0n) is 6.30. The van der Waals surface area contributed by atoms with Gasteiger partial charge in [-0.1, -0.05) is 30.1 Å². The first-order chi connectivity index (χ1) is 5.69. The SMILES string of the molecule is CCc1nc(Cl)c(C#N)c(Cl)n1. The summed E-state index contributed by atoms with van der Waals surface area (Å²) in [5, 5.41) is 8.80. The van der Waals surface area contributed by atoms with Crippen molar-refractivity contribution in [1.82, 2.24) is 9.97 Å². The van der Waals surface area contributed by atoms with Crippen LogP contribution in [-0.2, 0) is 6.42 Å². The molecule has 1 aromatic heterocycles. The highest BCUT2D eigenvalue weighted by molar-refractivity contribution is 6.35. The minimum Gasteiger partial charge on any atom is -0.220 e. The monoisotopic (exact) mass is 201 g/mol. The van der Waals surface area contributed by atoms with Crippen LogP contribution in [0.15, 0.2) is 0 Å². The van der Waals surface area contributed by atoms with Gasteiger partial charge in [-0.15, -0.1) is 0 Å². The Labute approximate surface area is 80.0 Å². The molecule has 0 fully saturated rings. The van der Waals surface area contributed by atoms with Crippen LogP contribution in [0, 0.1) is 11.3 Å². The molecular weight excluding hydrogens is 197 g/mol. The van der Waals surface area contributed by atoms with Gasteiger partial charge in [0, 0.05) is 6.42 Å². The number of nitrogens with zero attached hydrogens (tertiary/aromatic N) is 3. The zero-order chi connectivity index (χ0) is 9.14. The highest BCUT2D eigenvalue weighted by Crippen LogP contribution is 2.19. The molecule has 0 bridgehead atoms. The van der Waals surface area contributed by atoms with Gasteiger partial charge in [0.05, 0.1) is 0 Å². The summed E-state index contributed by atoms with van der Waals surface area (Å²) in [6, 6.07) is 1.83. The summed E-state index contributed by atoms with van der Waals surface area (Å²) in [5.74, 6) is 0.545. The minimum atomic E-state index is 0.120. The van der Waals surface area contributed by atoms with E-state index in [1.807, 2.05) is 13.0 Å². The van der Waals surface area contributed by atoms with Crippen LogP contribution in [-0.4, -0.2) is 9.97 Å². The highest BCUT2D eigenvalue weighted by atomic mass is 35.5. The smallest absolute Gasteiger partial charge is 0.152 e. The van der Waals surface area contributed by atoms with Crippen molar-refractivity contribution < 1.29 is 0 Å². The van der Waals surface area contributed by atoms with Gasteiger partial charge < -0.3 is 0 Å². The van der Waals surface area contributed by atoms with Crippen molar-refractivity contribution in [2.24, 2.45) is 0 Å². The van der Waals surface area contributed by atoms with E-state index in [4.69, 9.17) is 28.5 Å². The molecule has 0 aliphatic heterocycles. The van der Waals surface area contributed by atoms with Gasteiger partial charge in [0.25, 0.3) is 0 Å². The van der Waals surface area contributed by atoms with Gasteiger partial charge in [-0.25, -0.2) is 9.97 Å². The molecule has 5 heteroatoms. The molecule has 0 N–H and O–H groups in total. The molecule has 1 aromatic rings. The fraction of sp³-hybridized carbons (Fsp3) is 0.286. The number of hydrogen-bond acceptors (Lipinski definition) is 3. The number of aromatic nitrogens is 2. The zero-order valence-corrected chi connectivity index (χ0v) is 7.82. The van der Waals surface area contributed by atoms with Gasteiger partial charge >= 0.3 is 0 Å². The summed E-state index contributed by atoms with van der Waals surface area (Å²) in [4.78, 5) is 7.74. The van der Waals surface area contributed by atoms with Gasteiger partial charge in [-0.3, -0.25) is 0 Å². The van der Waals surface area contributed by atoms with Gasteiger partial charge in [0.2, 0.25) is 0 Å². The third kappa shape index (κ3) is 1.66. The van der Waals surface area contributed by atoms with Crippen molar-refractivity contribution in [3.63, 3.8) is 0 Å². The first kappa shape index (κ1) is 9.24. The number of hydrogen-bond donors (Lipinski definition) is 0. The van der Waals surface area contributed by atoms with Crippen LogP contribution in [0.25, 0.3) is 0 Å². The Hall–Kier alpha value is -0.850. The van der Waals surface area contributed by atoms with E-state index in [0.717, 1.165) is 0 Å². The fourth-order valence-electron chi connectivity index (χ4n) is 0.699. The Morgan fingerprint density at radius 2 is 1.83 bits per heavy atom. The lowest BCUT2D eigenvalue weighted by Gasteiger charge is -1.99. The first-order valence-corrected chi connectivity index (χ1v) is 4.06. The molecular formula is C7H5Cl2N3. The fourth-order valence-corrected chi connectivity index (χ4v) is 1.21. The summed E-state index contributed by atoms with van der Waals surface area (Å²) in [6.45, 7) is 1.88. The summed E-state index contributed by atoms with van der Waals surface area (Å²) < 4.78 is 0. The average Bonchev–Trinajstić information content (AvgIpc) is 2.03. The summed E-state index contributed by atoms with van der Waals surface area (Å²) in [5.41, 5.74) is 0.135. The summed E-state index contributed by atoms with van der Waals surface area (Å²) >= 11 is 11.3. The molecule has 3 nitrogen and oxygen atoms in total. The van der Waals surface area contributed by atoms with Crippen molar-refractivity contribution >= 4 is 23.2 Å². The number of aryl methyl sites for hydroxylation is 1. The maximum absolute atomic E-state index is 8.56. The van der Waals surface area contributed by atoms with E-state index in [-0.39, 0.29) is 15.9 Å². The lowest BCUT2D eigenvalue weighted by Crippen LogP contribution is -1.96. The molecule has 0 amide bonds. The van der Waals surface area contributed by atoms with E-state index < -0.39 is 0 Å². The Balaban J connectivity index is 3.30. The van der Waals surface area contributed by atoms with Crippen molar-refractivity contribution in [2.75, 3.05) is 0 Å². The largest absolute Gasteiger partial charge is 0.220 e. The Morgan fingerprint density at radius 1 is 1.33 bits per heavy atom. The third-order valence-corrected chi connectivity index (χ3v) is 1.84. The van der Waals surface area contributed by atoms with Crippen molar-refractivity contribution in [1.29, 1.82) is 5.26 Å². The Morgan fingerprint density at radius 3 is 2.17 bits per heavy atom. The number of rotatable bonds is 1. The second-order valence-electron chi connectivity index (χ2n) is 2.06. The average molecular weight is 202 g/mol. The molecule has 0 aromatic carbocycles. The van der Waals surface area contributed by atoms with Crippen LogP contribution in [0.4, 0.5) is 0 Å². The van der Waals surface area contributed by atoms with Crippen LogP contribution in [0.1, 0.15) is 18.3 Å². The number of nitriles is 1. The Kier molecular flexibility index (Phi) is 2.85. The number of halogens is 2. The molecule has 0 saturated carbocycles. The quantitative estimate of drug-likeness (QED) is 0.656. The van der Waals surface area contributed by atoms with Crippen molar-refractivity contribution in [2.45, 2.75) is 13.3 Å². The molecule has 0 saturated heterocycles. The van der Waals surface area contributed by atoms with E-state index in [1.54, 1.807) is 0 Å². The third-order valence-electron chi connectivity index (χ3n) is 1.30. The van der Waals surface area contributed by atoms with E-state index in [1.165, 1.54) is 0 Å². The second-order valence-corrected chi connectivity index (χ2v) is 2.78. The summed E-state index contributed by atoms with van der Waals surface area (Å²) in [7, 11) is 0. The van der Waals surface area contributed by atoms with Gasteiger partial charge in [0.15, 0.2) is 10.3 Å². The second kappa shape index (κ2) is 3.70. The molecule has 1 heterocycles. The van der Waals surface area contributed by atoms with E-state index in [0.29, 0.717) is 12.2 Å². The normalized spacial score (nSPS) is 9.50. The minimum absolute atomic E-state index is 0.120. The predicted octanol–water partition coefficient (Wildman–Crippen LogP) is 2.22. The lowest BCUT2D eigenvalue weighted by molar-refractivity contribution is 0.936. The molecule has 0 atom stereocenters. The molecule has 0 unspecified atom stereocenters. The topological polar surface area (TPSA) is 49.6 Å². The van der Waals surface area contributed by atoms with Crippen LogP contribution >= 0.6 is 23.2 Å². The lowest BCUT2D eigenvalue weighted by atomic mass is 10.3. The standard InChI is InChI=1S/C7H5Cl2N3/c1-2-5-11-6(8)4(3-10)7(9)12-5/h2H2,1H3. The molecule has 62 valence electrons. The maximum atomic E-state index is 8.56. The van der Waals surface area contributed by atoms with Crippen LogP contribution in [0.5, 0.6) is 0 Å². The maximum Gasteiger partial charge on any atom is 0.152 e. The van der Waals surface area contributed by atoms with Crippen molar-refractivity contribution in [3.8, 4) is 6.07 Å². The molecule has 0 spiro atoms. The molecule has 0 radical (unpaired) electrons. The molecule has 12 heavy (non-hydrogen) atoms. The molecule has 0 aliphatic rings. The van der Waals surface area contributed by atoms with Gasteiger partial charge in [0.1, 0.15) is 17.5 Å². The summed E-state index contributed by atoms with van der Waals surface area (Å²) in [6.07, 6.45) is 0.644. The van der Waals surface area contributed by atoms with Gasteiger partial charge in [-0.2, -0.15) is 5.26 Å². The first-order valence-electron chi connectivity index (χ1n) is 3.31. The van der Waals surface area contributed by atoms with Crippen LogP contribution < -0.4 is 0 Å². The van der Waals surface area contributed by atoms with E-state index in [2.05, 4.69) is 9.97 Å². The molecule has 0 aliphatic carbocycles. The van der Waals surface area contributed by atoms with E-state index in [9.17, 15) is 0 Å². The van der Waals surface area contributed by atoms with Crippen LogP contribution in [0.2, 0.25) is 10.3 Å². The highest BCUT2D eigenvalue weighted by Gasteiger charge is 2.09. The van der Waals surface area contributed by atoms with Crippen LogP contribution in [0.3, 0.4) is 0 Å². The molecule has 1 rings (SSSR count). The predicted molar refractivity (Wildman–Crippen MR) is 46.1 cm³/mol. The van der Waals surface area contributed by atoms with Gasteiger partial charge in [-0.05, 0) is 0 Å². The Bertz CT molecular complexity index is 320. The van der Waals surface area contributed by atoms with E-state index >= 15 is 0 Å².